The molecule has 1 aliphatic rings. The molecule has 2 aromatic heterocycles. The summed E-state index contributed by atoms with van der Waals surface area (Å²) in [7, 11) is 0. The molecule has 3 heterocycles. The Hall–Kier alpha value is -3.64. The van der Waals surface area contributed by atoms with Crippen LogP contribution in [0.2, 0.25) is 0 Å². The first-order valence-corrected chi connectivity index (χ1v) is 14.8. The molecule has 0 spiro atoms. The van der Waals surface area contributed by atoms with Crippen molar-refractivity contribution in [3.8, 4) is 0 Å². The summed E-state index contributed by atoms with van der Waals surface area (Å²) >= 11 is 0. The number of piperazine rings is 1. The maximum atomic E-state index is 13.5. The van der Waals surface area contributed by atoms with E-state index in [2.05, 4.69) is 68.5 Å². The smallest absolute Gasteiger partial charge is 0.168 e. The first-order valence-electron chi connectivity index (χ1n) is 14.8. The molecule has 1 aliphatic heterocycles. The lowest BCUT2D eigenvalue weighted by Gasteiger charge is -2.42. The highest BCUT2D eigenvalue weighted by Crippen LogP contribution is 2.32. The highest BCUT2D eigenvalue weighted by Gasteiger charge is 2.34. The molecular formula is C30H40F2N10. The molecule has 0 aliphatic carbocycles. The third kappa shape index (κ3) is 7.40. The van der Waals surface area contributed by atoms with Crippen LogP contribution in [0.1, 0.15) is 75.4 Å². The summed E-state index contributed by atoms with van der Waals surface area (Å²) in [6, 6.07) is 13.1. The number of rotatable bonds is 12. The van der Waals surface area contributed by atoms with Gasteiger partial charge < -0.3 is 0 Å². The number of benzene rings is 2. The largest absolute Gasteiger partial charge is 0.291 e. The van der Waals surface area contributed by atoms with Gasteiger partial charge in [0.05, 0.1) is 25.2 Å². The Labute approximate surface area is 245 Å². The van der Waals surface area contributed by atoms with Crippen LogP contribution >= 0.6 is 0 Å². The highest BCUT2D eigenvalue weighted by molar-refractivity contribution is 5.17. The van der Waals surface area contributed by atoms with Gasteiger partial charge in [0.15, 0.2) is 11.6 Å². The zero-order chi connectivity index (χ0) is 29.6. The average molecular weight is 579 g/mol. The molecule has 1 saturated heterocycles. The highest BCUT2D eigenvalue weighted by atomic mass is 19.1. The molecule has 2 aromatic carbocycles. The molecule has 4 aromatic rings. The van der Waals surface area contributed by atoms with Crippen molar-refractivity contribution in [1.82, 2.24) is 50.2 Å². The lowest BCUT2D eigenvalue weighted by molar-refractivity contribution is 0.0475. The molecule has 2 atom stereocenters. The molecule has 224 valence electrons. The van der Waals surface area contributed by atoms with Crippen LogP contribution in [0.4, 0.5) is 8.78 Å². The number of aromatic nitrogens is 8. The summed E-state index contributed by atoms with van der Waals surface area (Å²) in [4.78, 5) is 4.97. The fourth-order valence-corrected chi connectivity index (χ4v) is 5.74. The molecule has 5 rings (SSSR count). The Kier molecular flexibility index (Phi) is 9.63. The predicted octanol–water partition coefficient (Wildman–Crippen LogP) is 4.53. The SMILES string of the molecule is CC(C)C[C@H](c1nnnn1Cc1ccc(F)cc1)N1CCN([C@H](CC(C)C)c2nnnn2Cc2ccc(F)cc2)CC1. The van der Waals surface area contributed by atoms with E-state index in [1.54, 1.807) is 24.3 Å². The third-order valence-electron chi connectivity index (χ3n) is 7.83. The number of hydrogen-bond donors (Lipinski definition) is 0. The van der Waals surface area contributed by atoms with E-state index in [0.717, 1.165) is 61.8 Å². The second kappa shape index (κ2) is 13.6. The minimum atomic E-state index is -0.258. The van der Waals surface area contributed by atoms with Crippen molar-refractivity contribution in [2.75, 3.05) is 26.2 Å². The molecule has 0 amide bonds. The first kappa shape index (κ1) is 29.8. The van der Waals surface area contributed by atoms with Crippen LogP contribution in [0.15, 0.2) is 48.5 Å². The van der Waals surface area contributed by atoms with Crippen LogP contribution in [-0.2, 0) is 13.1 Å². The summed E-state index contributed by atoms with van der Waals surface area (Å²) in [5, 5.41) is 25.6. The van der Waals surface area contributed by atoms with Gasteiger partial charge in [-0.1, -0.05) is 52.0 Å². The Morgan fingerprint density at radius 3 is 1.29 bits per heavy atom. The van der Waals surface area contributed by atoms with E-state index < -0.39 is 0 Å². The van der Waals surface area contributed by atoms with Gasteiger partial charge in [-0.3, -0.25) is 9.80 Å². The molecule has 0 unspecified atom stereocenters. The van der Waals surface area contributed by atoms with Crippen LogP contribution in [0.25, 0.3) is 0 Å². The summed E-state index contributed by atoms with van der Waals surface area (Å²) in [6.07, 6.45) is 1.85. The summed E-state index contributed by atoms with van der Waals surface area (Å²) in [5.74, 6) is 2.06. The van der Waals surface area contributed by atoms with Gasteiger partial charge in [0.2, 0.25) is 0 Å². The number of tetrazole rings is 2. The van der Waals surface area contributed by atoms with E-state index in [9.17, 15) is 8.78 Å². The van der Waals surface area contributed by atoms with Gasteiger partial charge in [0.1, 0.15) is 11.6 Å². The van der Waals surface area contributed by atoms with Crippen molar-refractivity contribution in [3.05, 3.63) is 82.9 Å². The van der Waals surface area contributed by atoms with Gasteiger partial charge in [0.25, 0.3) is 0 Å². The molecule has 42 heavy (non-hydrogen) atoms. The summed E-state index contributed by atoms with van der Waals surface area (Å²) in [6.45, 7) is 13.3. The molecule has 0 radical (unpaired) electrons. The molecule has 0 bridgehead atoms. The number of nitrogens with zero attached hydrogens (tertiary/aromatic N) is 10. The topological polar surface area (TPSA) is 93.7 Å². The Bertz CT molecular complexity index is 1280. The van der Waals surface area contributed by atoms with E-state index in [-0.39, 0.29) is 23.7 Å². The van der Waals surface area contributed by atoms with Crippen molar-refractivity contribution in [3.63, 3.8) is 0 Å². The molecule has 10 nitrogen and oxygen atoms in total. The maximum Gasteiger partial charge on any atom is 0.168 e. The predicted molar refractivity (Wildman–Crippen MR) is 154 cm³/mol. The van der Waals surface area contributed by atoms with Crippen molar-refractivity contribution in [2.24, 2.45) is 11.8 Å². The Morgan fingerprint density at radius 2 is 0.952 bits per heavy atom. The van der Waals surface area contributed by atoms with Crippen LogP contribution < -0.4 is 0 Å². The normalized spacial score (nSPS) is 16.4. The maximum absolute atomic E-state index is 13.5. The Morgan fingerprint density at radius 1 is 0.595 bits per heavy atom. The first-order chi connectivity index (χ1) is 20.3. The molecule has 12 heteroatoms. The monoisotopic (exact) mass is 578 g/mol. The molecule has 0 saturated carbocycles. The lowest BCUT2D eigenvalue weighted by Crippen LogP contribution is -2.50. The molecule has 1 fully saturated rings. The van der Waals surface area contributed by atoms with Crippen LogP contribution in [0.3, 0.4) is 0 Å². The quantitative estimate of drug-likeness (QED) is 0.242. The minimum absolute atomic E-state index is 0.0648. The van der Waals surface area contributed by atoms with E-state index in [0.29, 0.717) is 24.9 Å². The second-order valence-electron chi connectivity index (χ2n) is 12.0. The van der Waals surface area contributed by atoms with Gasteiger partial charge in [-0.25, -0.2) is 18.1 Å². The lowest BCUT2D eigenvalue weighted by atomic mass is 9.98. The molecule has 0 N–H and O–H groups in total. The van der Waals surface area contributed by atoms with Gasteiger partial charge in [0, 0.05) is 26.2 Å². The van der Waals surface area contributed by atoms with Crippen LogP contribution in [0, 0.1) is 23.5 Å². The van der Waals surface area contributed by atoms with Crippen molar-refractivity contribution < 1.29 is 8.78 Å². The van der Waals surface area contributed by atoms with Crippen molar-refractivity contribution in [2.45, 2.75) is 65.7 Å². The van der Waals surface area contributed by atoms with E-state index in [4.69, 9.17) is 0 Å². The molecular weight excluding hydrogens is 538 g/mol. The van der Waals surface area contributed by atoms with Crippen LogP contribution in [0.5, 0.6) is 0 Å². The van der Waals surface area contributed by atoms with Gasteiger partial charge in [-0.05, 0) is 80.9 Å². The zero-order valence-corrected chi connectivity index (χ0v) is 24.8. The standard InChI is InChI=1S/C30H40F2N10/c1-21(2)17-27(29-33-35-37-41(29)19-23-5-9-25(31)10-6-23)39-13-15-40(16-14-39)28(18-22(3)4)30-34-36-38-42(30)20-24-7-11-26(32)12-8-24/h5-12,21-22,27-28H,13-20H2,1-4H3/t27-,28-/m1/s1. The van der Waals surface area contributed by atoms with Gasteiger partial charge in [-0.15, -0.1) is 10.2 Å². The Balaban J connectivity index is 1.31. The third-order valence-corrected chi connectivity index (χ3v) is 7.83. The van der Waals surface area contributed by atoms with E-state index in [1.165, 1.54) is 24.3 Å². The zero-order valence-electron chi connectivity index (χ0n) is 24.8. The fourth-order valence-electron chi connectivity index (χ4n) is 5.74. The number of hydrogen-bond acceptors (Lipinski definition) is 8. The van der Waals surface area contributed by atoms with Crippen molar-refractivity contribution in [1.29, 1.82) is 0 Å². The average Bonchev–Trinajstić information content (AvgIpc) is 3.62. The summed E-state index contributed by atoms with van der Waals surface area (Å²) < 4.78 is 30.6. The van der Waals surface area contributed by atoms with Crippen LogP contribution in [-0.4, -0.2) is 76.4 Å². The van der Waals surface area contributed by atoms with Gasteiger partial charge >= 0.3 is 0 Å². The summed E-state index contributed by atoms with van der Waals surface area (Å²) in [5.41, 5.74) is 1.90. The fraction of sp³-hybridized carbons (Fsp3) is 0.533. The minimum Gasteiger partial charge on any atom is -0.291 e. The second-order valence-corrected chi connectivity index (χ2v) is 12.0. The van der Waals surface area contributed by atoms with Crippen molar-refractivity contribution >= 4 is 0 Å². The van der Waals surface area contributed by atoms with E-state index in [1.807, 2.05) is 9.36 Å². The van der Waals surface area contributed by atoms with Gasteiger partial charge in [-0.2, -0.15) is 0 Å². The van der Waals surface area contributed by atoms with E-state index >= 15 is 0 Å². The number of halogens is 2.